The second kappa shape index (κ2) is 4.69. The minimum atomic E-state index is 0.267. The summed E-state index contributed by atoms with van der Waals surface area (Å²) in [5, 5.41) is 0. The van der Waals surface area contributed by atoms with E-state index in [4.69, 9.17) is 15.2 Å². The van der Waals surface area contributed by atoms with Crippen molar-refractivity contribution < 1.29 is 9.47 Å². The molecule has 2 heterocycles. The number of nitrogens with zero attached hydrogens (tertiary/aromatic N) is 1. The van der Waals surface area contributed by atoms with Gasteiger partial charge in [-0.3, -0.25) is 4.90 Å². The second-order valence-electron chi connectivity index (χ2n) is 6.12. The topological polar surface area (TPSA) is 47.7 Å². The molecule has 4 heteroatoms. The molecule has 1 fully saturated rings. The Morgan fingerprint density at radius 2 is 2.21 bits per heavy atom. The lowest BCUT2D eigenvalue weighted by Gasteiger charge is -2.32. The molecule has 3 rings (SSSR count). The highest BCUT2D eigenvalue weighted by molar-refractivity contribution is 5.53. The third-order valence-electron chi connectivity index (χ3n) is 4.24. The summed E-state index contributed by atoms with van der Waals surface area (Å²) in [5.41, 5.74) is 9.31. The van der Waals surface area contributed by atoms with Crippen molar-refractivity contribution in [1.29, 1.82) is 0 Å². The largest absolute Gasteiger partial charge is 0.467 e. The van der Waals surface area contributed by atoms with E-state index < -0.39 is 0 Å². The molecule has 1 saturated heterocycles. The molecule has 0 bridgehead atoms. The van der Waals surface area contributed by atoms with Crippen LogP contribution in [0.1, 0.15) is 37.8 Å². The van der Waals surface area contributed by atoms with Gasteiger partial charge < -0.3 is 15.2 Å². The number of rotatable bonds is 2. The van der Waals surface area contributed by atoms with Crippen molar-refractivity contribution >= 4 is 5.69 Å². The van der Waals surface area contributed by atoms with Gasteiger partial charge in [-0.2, -0.15) is 0 Å². The summed E-state index contributed by atoms with van der Waals surface area (Å²) in [6.45, 7) is 7.60. The summed E-state index contributed by atoms with van der Waals surface area (Å²) in [6.07, 6.45) is 2.52. The first-order valence-corrected chi connectivity index (χ1v) is 6.93. The average molecular weight is 262 g/mol. The number of benzene rings is 1. The van der Waals surface area contributed by atoms with Crippen LogP contribution in [0.3, 0.4) is 0 Å². The molecular weight excluding hydrogens is 240 g/mol. The zero-order chi connectivity index (χ0) is 13.5. The monoisotopic (exact) mass is 262 g/mol. The van der Waals surface area contributed by atoms with Gasteiger partial charge in [0, 0.05) is 28.9 Å². The molecule has 4 nitrogen and oxygen atoms in total. The van der Waals surface area contributed by atoms with E-state index in [0.717, 1.165) is 30.1 Å². The molecule has 19 heavy (non-hydrogen) atoms. The first kappa shape index (κ1) is 12.8. The minimum Gasteiger partial charge on any atom is -0.467 e. The maximum atomic E-state index is 5.99. The van der Waals surface area contributed by atoms with Gasteiger partial charge in [-0.15, -0.1) is 0 Å². The predicted molar refractivity (Wildman–Crippen MR) is 74.9 cm³/mol. The fourth-order valence-electron chi connectivity index (χ4n) is 3.11. The number of fused-ring (bicyclic) bond motifs is 1. The molecule has 1 aromatic rings. The van der Waals surface area contributed by atoms with Crippen LogP contribution in [0.4, 0.5) is 5.69 Å². The van der Waals surface area contributed by atoms with Crippen molar-refractivity contribution in [2.24, 2.45) is 0 Å². The fourth-order valence-corrected chi connectivity index (χ4v) is 3.11. The molecule has 0 aromatic heterocycles. The van der Waals surface area contributed by atoms with Crippen molar-refractivity contribution in [2.75, 3.05) is 19.1 Å². The molecule has 0 unspecified atom stereocenters. The predicted octanol–water partition coefficient (Wildman–Crippen LogP) is 2.51. The lowest BCUT2D eigenvalue weighted by Crippen LogP contribution is -2.37. The molecule has 1 aromatic carbocycles. The van der Waals surface area contributed by atoms with Crippen molar-refractivity contribution in [3.05, 3.63) is 23.3 Å². The normalized spacial score (nSPS) is 22.0. The van der Waals surface area contributed by atoms with Crippen molar-refractivity contribution in [3.8, 4) is 5.75 Å². The summed E-state index contributed by atoms with van der Waals surface area (Å²) < 4.78 is 11.0. The maximum absolute atomic E-state index is 5.99. The fraction of sp³-hybridized carbons (Fsp3) is 0.600. The summed E-state index contributed by atoms with van der Waals surface area (Å²) >= 11 is 0. The number of nitrogen functional groups attached to an aromatic ring is 1. The Morgan fingerprint density at radius 3 is 2.95 bits per heavy atom. The highest BCUT2D eigenvalue weighted by Gasteiger charge is 2.32. The standard InChI is InChI=1S/C15H22N2O2/c1-15(2)4-3-5-17(15)8-11-6-13(16)7-12-9-18-10-19-14(11)12/h6-7H,3-5,8-10,16H2,1-2H3. The van der Waals surface area contributed by atoms with E-state index in [9.17, 15) is 0 Å². The quantitative estimate of drug-likeness (QED) is 0.832. The third-order valence-corrected chi connectivity index (χ3v) is 4.24. The van der Waals surface area contributed by atoms with E-state index in [2.05, 4.69) is 18.7 Å². The SMILES string of the molecule is CC1(C)CCCN1Cc1cc(N)cc2c1OCOC2. The van der Waals surface area contributed by atoms with E-state index in [-0.39, 0.29) is 5.54 Å². The van der Waals surface area contributed by atoms with Crippen LogP contribution in [0.15, 0.2) is 12.1 Å². The van der Waals surface area contributed by atoms with Gasteiger partial charge in [-0.05, 0) is 45.4 Å². The zero-order valence-corrected chi connectivity index (χ0v) is 11.7. The molecule has 104 valence electrons. The summed E-state index contributed by atoms with van der Waals surface area (Å²) in [7, 11) is 0. The lowest BCUT2D eigenvalue weighted by molar-refractivity contribution is -0.0176. The van der Waals surface area contributed by atoms with Crippen molar-refractivity contribution in [1.82, 2.24) is 4.90 Å². The van der Waals surface area contributed by atoms with Crippen LogP contribution >= 0.6 is 0 Å². The maximum Gasteiger partial charge on any atom is 0.189 e. The first-order valence-electron chi connectivity index (χ1n) is 6.93. The number of ether oxygens (including phenoxy) is 2. The number of likely N-dealkylation sites (tertiary alicyclic amines) is 1. The number of anilines is 1. The van der Waals surface area contributed by atoms with Gasteiger partial charge >= 0.3 is 0 Å². The summed E-state index contributed by atoms with van der Waals surface area (Å²) in [4.78, 5) is 2.51. The van der Waals surface area contributed by atoms with E-state index in [0.29, 0.717) is 13.4 Å². The molecule has 2 aliphatic heterocycles. The molecule has 2 N–H and O–H groups in total. The minimum absolute atomic E-state index is 0.267. The van der Waals surface area contributed by atoms with Crippen LogP contribution in [0.25, 0.3) is 0 Å². The van der Waals surface area contributed by atoms with Gasteiger partial charge in [0.2, 0.25) is 0 Å². The van der Waals surface area contributed by atoms with Crippen molar-refractivity contribution in [3.63, 3.8) is 0 Å². The van der Waals surface area contributed by atoms with Crippen LogP contribution in [-0.2, 0) is 17.9 Å². The van der Waals surface area contributed by atoms with Crippen LogP contribution < -0.4 is 10.5 Å². The number of hydrogen-bond donors (Lipinski definition) is 1. The smallest absolute Gasteiger partial charge is 0.189 e. The van der Waals surface area contributed by atoms with Gasteiger partial charge in [0.25, 0.3) is 0 Å². The highest BCUT2D eigenvalue weighted by Crippen LogP contribution is 2.35. The molecule has 2 aliphatic rings. The molecule has 0 spiro atoms. The third kappa shape index (κ3) is 2.42. The van der Waals surface area contributed by atoms with Gasteiger partial charge in [-0.25, -0.2) is 0 Å². The Labute approximate surface area is 114 Å². The van der Waals surface area contributed by atoms with Gasteiger partial charge in [0.15, 0.2) is 6.79 Å². The van der Waals surface area contributed by atoms with E-state index in [1.165, 1.54) is 18.4 Å². The van der Waals surface area contributed by atoms with E-state index in [1.807, 2.05) is 12.1 Å². The van der Waals surface area contributed by atoms with E-state index >= 15 is 0 Å². The van der Waals surface area contributed by atoms with Gasteiger partial charge in [-0.1, -0.05) is 0 Å². The summed E-state index contributed by atoms with van der Waals surface area (Å²) in [5.74, 6) is 0.975. The number of nitrogens with two attached hydrogens (primary N) is 1. The molecule has 0 amide bonds. The van der Waals surface area contributed by atoms with Gasteiger partial charge in [0.05, 0.1) is 6.61 Å². The van der Waals surface area contributed by atoms with Crippen LogP contribution in [0, 0.1) is 0 Å². The average Bonchev–Trinajstić information content (AvgIpc) is 2.68. The van der Waals surface area contributed by atoms with Crippen molar-refractivity contribution in [2.45, 2.75) is 45.4 Å². The van der Waals surface area contributed by atoms with Crippen LogP contribution in [0.5, 0.6) is 5.75 Å². The molecule has 0 aliphatic carbocycles. The van der Waals surface area contributed by atoms with Gasteiger partial charge in [0.1, 0.15) is 5.75 Å². The Bertz CT molecular complexity index is 485. The lowest BCUT2D eigenvalue weighted by atomic mass is 10.0. The second-order valence-corrected chi connectivity index (χ2v) is 6.12. The molecule has 0 atom stereocenters. The number of hydrogen-bond acceptors (Lipinski definition) is 4. The highest BCUT2D eigenvalue weighted by atomic mass is 16.7. The Balaban J connectivity index is 1.90. The molecular formula is C15H22N2O2. The molecule has 0 saturated carbocycles. The molecule has 0 radical (unpaired) electrons. The van der Waals surface area contributed by atoms with Crippen LogP contribution in [0.2, 0.25) is 0 Å². The zero-order valence-electron chi connectivity index (χ0n) is 11.7. The first-order chi connectivity index (χ1) is 9.06. The van der Waals surface area contributed by atoms with Crippen LogP contribution in [-0.4, -0.2) is 23.8 Å². The Kier molecular flexibility index (Phi) is 3.15. The Hall–Kier alpha value is -1.26. The Morgan fingerprint density at radius 1 is 1.37 bits per heavy atom. The van der Waals surface area contributed by atoms with E-state index in [1.54, 1.807) is 0 Å². The summed E-state index contributed by atoms with van der Waals surface area (Å²) in [6, 6.07) is 3.99.